The van der Waals surface area contributed by atoms with E-state index in [-0.39, 0.29) is 12.3 Å². The Hall–Kier alpha value is -2.24. The lowest BCUT2D eigenvalue weighted by Crippen LogP contribution is -2.43. The fraction of sp³-hybridized carbons (Fsp3) is 0.235. The van der Waals surface area contributed by atoms with Crippen molar-refractivity contribution in [1.82, 2.24) is 9.99 Å². The molecule has 23 heavy (non-hydrogen) atoms. The van der Waals surface area contributed by atoms with Crippen LogP contribution in [0.25, 0.3) is 0 Å². The number of pyridine rings is 1. The molecule has 1 amide bonds. The highest BCUT2D eigenvalue weighted by Gasteiger charge is 2.45. The summed E-state index contributed by atoms with van der Waals surface area (Å²) >= 11 is 5.92. The number of hydrogen-bond donors (Lipinski definition) is 1. The molecule has 1 aromatic heterocycles. The Morgan fingerprint density at radius 3 is 2.70 bits per heavy atom. The lowest BCUT2D eigenvalue weighted by molar-refractivity contribution is -0.0765. The summed E-state index contributed by atoms with van der Waals surface area (Å²) in [6.07, 6.45) is 3.99. The van der Waals surface area contributed by atoms with Crippen LogP contribution in [-0.2, 0) is 5.72 Å². The maximum atomic E-state index is 12.8. The van der Waals surface area contributed by atoms with E-state index in [2.05, 4.69) is 10.1 Å². The normalized spacial score (nSPS) is 20.5. The van der Waals surface area contributed by atoms with Crippen LogP contribution in [0.2, 0.25) is 5.02 Å². The third kappa shape index (κ3) is 2.85. The van der Waals surface area contributed by atoms with Gasteiger partial charge in [0.05, 0.1) is 5.56 Å². The zero-order valence-electron chi connectivity index (χ0n) is 12.6. The third-order valence-corrected chi connectivity index (χ3v) is 4.11. The van der Waals surface area contributed by atoms with Gasteiger partial charge in [0.15, 0.2) is 5.72 Å². The molecule has 0 bridgehead atoms. The quantitative estimate of drug-likeness (QED) is 0.940. The number of hydrogen-bond acceptors (Lipinski definition) is 4. The molecule has 3 rings (SSSR count). The fourth-order valence-corrected chi connectivity index (χ4v) is 2.71. The zero-order valence-corrected chi connectivity index (χ0v) is 13.4. The van der Waals surface area contributed by atoms with Gasteiger partial charge in [-0.3, -0.25) is 9.78 Å². The molecule has 0 saturated carbocycles. The van der Waals surface area contributed by atoms with Gasteiger partial charge >= 0.3 is 0 Å². The first kappa shape index (κ1) is 15.6. The SMILES string of the molecule is CCC1=NN(C(=O)c2cccnc2)C(O)(c2ccc(Cl)cc2)C1. The van der Waals surface area contributed by atoms with Crippen molar-refractivity contribution in [2.24, 2.45) is 5.10 Å². The number of benzene rings is 1. The van der Waals surface area contributed by atoms with E-state index < -0.39 is 5.72 Å². The van der Waals surface area contributed by atoms with E-state index in [0.29, 0.717) is 22.6 Å². The molecule has 1 aromatic carbocycles. The van der Waals surface area contributed by atoms with E-state index >= 15 is 0 Å². The molecule has 1 aliphatic heterocycles. The van der Waals surface area contributed by atoms with Crippen molar-refractivity contribution in [2.45, 2.75) is 25.5 Å². The Morgan fingerprint density at radius 1 is 1.35 bits per heavy atom. The van der Waals surface area contributed by atoms with Crippen LogP contribution >= 0.6 is 11.6 Å². The summed E-state index contributed by atoms with van der Waals surface area (Å²) in [5.74, 6) is -0.390. The van der Waals surface area contributed by atoms with Gasteiger partial charge in [-0.25, -0.2) is 0 Å². The second kappa shape index (κ2) is 6.10. The molecule has 1 N–H and O–H groups in total. The molecule has 1 atom stereocenters. The summed E-state index contributed by atoms with van der Waals surface area (Å²) in [5.41, 5.74) is 0.204. The van der Waals surface area contributed by atoms with Crippen molar-refractivity contribution in [3.8, 4) is 0 Å². The van der Waals surface area contributed by atoms with Crippen molar-refractivity contribution in [1.29, 1.82) is 0 Å². The molecule has 1 unspecified atom stereocenters. The Labute approximate surface area is 139 Å². The zero-order chi connectivity index (χ0) is 16.4. The predicted molar refractivity (Wildman–Crippen MR) is 88.1 cm³/mol. The summed E-state index contributed by atoms with van der Waals surface area (Å²) in [4.78, 5) is 16.7. The fourth-order valence-electron chi connectivity index (χ4n) is 2.58. The van der Waals surface area contributed by atoms with Crippen LogP contribution in [0.5, 0.6) is 0 Å². The van der Waals surface area contributed by atoms with Crippen LogP contribution in [0.3, 0.4) is 0 Å². The van der Waals surface area contributed by atoms with Gasteiger partial charge in [-0.1, -0.05) is 30.7 Å². The summed E-state index contributed by atoms with van der Waals surface area (Å²) in [5, 5.41) is 17.2. The maximum Gasteiger partial charge on any atom is 0.278 e. The molecule has 0 saturated heterocycles. The largest absolute Gasteiger partial charge is 0.365 e. The van der Waals surface area contributed by atoms with Crippen molar-refractivity contribution >= 4 is 23.2 Å². The van der Waals surface area contributed by atoms with Crippen molar-refractivity contribution in [3.63, 3.8) is 0 Å². The van der Waals surface area contributed by atoms with Gasteiger partial charge in [-0.05, 0) is 30.7 Å². The summed E-state index contributed by atoms with van der Waals surface area (Å²) in [6.45, 7) is 1.94. The van der Waals surface area contributed by atoms with Gasteiger partial charge in [0.1, 0.15) is 0 Å². The van der Waals surface area contributed by atoms with E-state index in [1.165, 1.54) is 6.20 Å². The van der Waals surface area contributed by atoms with Gasteiger partial charge in [-0.15, -0.1) is 0 Å². The molecule has 0 radical (unpaired) electrons. The molecule has 2 aromatic rings. The topological polar surface area (TPSA) is 65.8 Å². The Bertz CT molecular complexity index is 746. The standard InChI is InChI=1S/C17H16ClN3O2/c1-2-15-10-17(23,13-5-7-14(18)8-6-13)21(20-15)16(22)12-4-3-9-19-11-12/h3-9,11,23H,2,10H2,1H3. The van der Waals surface area contributed by atoms with Gasteiger partial charge in [0, 0.05) is 35.1 Å². The lowest BCUT2D eigenvalue weighted by atomic mass is 9.96. The Balaban J connectivity index is 2.02. The van der Waals surface area contributed by atoms with Crippen molar-refractivity contribution in [2.75, 3.05) is 0 Å². The van der Waals surface area contributed by atoms with E-state index in [1.54, 1.807) is 42.6 Å². The number of hydrazone groups is 1. The van der Waals surface area contributed by atoms with Gasteiger partial charge in [0.2, 0.25) is 0 Å². The molecule has 118 valence electrons. The van der Waals surface area contributed by atoms with Crippen LogP contribution in [0.15, 0.2) is 53.9 Å². The molecular weight excluding hydrogens is 314 g/mol. The number of nitrogens with zero attached hydrogens (tertiary/aromatic N) is 3. The highest BCUT2D eigenvalue weighted by atomic mass is 35.5. The minimum absolute atomic E-state index is 0.275. The first-order valence-electron chi connectivity index (χ1n) is 7.34. The molecule has 5 nitrogen and oxygen atoms in total. The van der Waals surface area contributed by atoms with Gasteiger partial charge in [0.25, 0.3) is 5.91 Å². The lowest BCUT2D eigenvalue weighted by Gasteiger charge is -2.31. The smallest absolute Gasteiger partial charge is 0.278 e. The van der Waals surface area contributed by atoms with Gasteiger partial charge < -0.3 is 5.11 Å². The molecule has 6 heteroatoms. The minimum atomic E-state index is -1.51. The number of aromatic nitrogens is 1. The summed E-state index contributed by atoms with van der Waals surface area (Å²) in [7, 11) is 0. The minimum Gasteiger partial charge on any atom is -0.365 e. The van der Waals surface area contributed by atoms with Crippen LogP contribution in [0.1, 0.15) is 35.7 Å². The van der Waals surface area contributed by atoms with Gasteiger partial charge in [-0.2, -0.15) is 10.1 Å². The monoisotopic (exact) mass is 329 g/mol. The van der Waals surface area contributed by atoms with Crippen LogP contribution in [0, 0.1) is 0 Å². The first-order valence-corrected chi connectivity index (χ1v) is 7.72. The molecular formula is C17H16ClN3O2. The van der Waals surface area contributed by atoms with Crippen LogP contribution in [-0.4, -0.2) is 26.7 Å². The van der Waals surface area contributed by atoms with Crippen LogP contribution < -0.4 is 0 Å². The molecule has 1 aliphatic rings. The van der Waals surface area contributed by atoms with Crippen molar-refractivity contribution in [3.05, 3.63) is 64.9 Å². The number of amides is 1. The first-order chi connectivity index (χ1) is 11.0. The average molecular weight is 330 g/mol. The number of carbonyl (C=O) groups is 1. The Kier molecular flexibility index (Phi) is 4.15. The maximum absolute atomic E-state index is 12.8. The van der Waals surface area contributed by atoms with E-state index in [4.69, 9.17) is 11.6 Å². The third-order valence-electron chi connectivity index (χ3n) is 3.86. The second-order valence-electron chi connectivity index (χ2n) is 5.38. The van der Waals surface area contributed by atoms with E-state index in [0.717, 1.165) is 10.7 Å². The Morgan fingerprint density at radius 2 is 2.09 bits per heavy atom. The molecule has 2 heterocycles. The number of carbonyl (C=O) groups excluding carboxylic acids is 1. The van der Waals surface area contributed by atoms with E-state index in [9.17, 15) is 9.90 Å². The molecule has 0 fully saturated rings. The summed E-state index contributed by atoms with van der Waals surface area (Å²) < 4.78 is 0. The predicted octanol–water partition coefficient (Wildman–Crippen LogP) is 3.19. The second-order valence-corrected chi connectivity index (χ2v) is 5.82. The highest BCUT2D eigenvalue weighted by molar-refractivity contribution is 6.30. The average Bonchev–Trinajstić information content (AvgIpc) is 2.93. The van der Waals surface area contributed by atoms with Crippen LogP contribution in [0.4, 0.5) is 0 Å². The molecule has 0 aliphatic carbocycles. The number of aliphatic hydroxyl groups is 1. The number of rotatable bonds is 3. The summed E-state index contributed by atoms with van der Waals surface area (Å²) in [6, 6.07) is 10.1. The molecule has 0 spiro atoms. The van der Waals surface area contributed by atoms with Crippen molar-refractivity contribution < 1.29 is 9.90 Å². The number of halogens is 1. The highest BCUT2D eigenvalue weighted by Crippen LogP contribution is 2.37. The van der Waals surface area contributed by atoms with E-state index in [1.807, 2.05) is 6.92 Å².